The third kappa shape index (κ3) is 5.15. The third-order valence-electron chi connectivity index (χ3n) is 2.25. The van der Waals surface area contributed by atoms with Gasteiger partial charge >= 0.3 is 0 Å². The van der Waals surface area contributed by atoms with E-state index in [1.165, 1.54) is 0 Å². The number of carbonyl (C=O) groups is 1. The van der Waals surface area contributed by atoms with E-state index in [1.54, 1.807) is 18.2 Å². The summed E-state index contributed by atoms with van der Waals surface area (Å²) >= 11 is 11.7. The molecule has 0 aliphatic heterocycles. The van der Waals surface area contributed by atoms with Gasteiger partial charge in [-0.25, -0.2) is 0 Å². The van der Waals surface area contributed by atoms with Gasteiger partial charge in [-0.1, -0.05) is 23.2 Å². The maximum Gasteiger partial charge on any atom is 0.179 e. The Morgan fingerprint density at radius 2 is 1.78 bits per heavy atom. The highest BCUT2D eigenvalue weighted by Gasteiger charge is 2.20. The first-order valence-corrected chi connectivity index (χ1v) is 6.23. The summed E-state index contributed by atoms with van der Waals surface area (Å²) in [5.74, 6) is 0.0125. The van der Waals surface area contributed by atoms with Gasteiger partial charge in [0, 0.05) is 11.1 Å². The number of hydrogen-bond acceptors (Lipinski definition) is 2. The summed E-state index contributed by atoms with van der Waals surface area (Å²) in [6.07, 6.45) is 0. The SMILES string of the molecule is CC(NC(C)(C)C)C(=O)c1ccc(Cl)c(Cl)c1.Cl. The standard InChI is InChI=1S/C13H17Cl2NO.ClH/c1-8(16-13(2,3)4)12(17)9-5-6-10(14)11(15)7-9;/h5-8,16H,1-4H3;1H. The van der Waals surface area contributed by atoms with E-state index in [2.05, 4.69) is 5.32 Å². The highest BCUT2D eigenvalue weighted by Crippen LogP contribution is 2.23. The Morgan fingerprint density at radius 1 is 1.22 bits per heavy atom. The maximum absolute atomic E-state index is 12.1. The van der Waals surface area contributed by atoms with Crippen molar-refractivity contribution in [2.24, 2.45) is 0 Å². The summed E-state index contributed by atoms with van der Waals surface area (Å²) in [7, 11) is 0. The van der Waals surface area contributed by atoms with Crippen molar-refractivity contribution in [1.82, 2.24) is 5.32 Å². The number of nitrogens with one attached hydrogen (secondary N) is 1. The molecule has 0 aliphatic carbocycles. The van der Waals surface area contributed by atoms with Crippen LogP contribution in [0, 0.1) is 0 Å². The minimum atomic E-state index is -0.257. The van der Waals surface area contributed by atoms with E-state index in [0.717, 1.165) is 0 Å². The number of Topliss-reactive ketones (excluding diaryl/α,β-unsaturated/α-hetero) is 1. The lowest BCUT2D eigenvalue weighted by Crippen LogP contribution is -2.46. The molecule has 5 heteroatoms. The van der Waals surface area contributed by atoms with E-state index in [-0.39, 0.29) is 29.8 Å². The molecule has 2 nitrogen and oxygen atoms in total. The van der Waals surface area contributed by atoms with Crippen LogP contribution in [0.3, 0.4) is 0 Å². The molecule has 1 aromatic rings. The van der Waals surface area contributed by atoms with Crippen LogP contribution in [-0.2, 0) is 0 Å². The van der Waals surface area contributed by atoms with Crippen LogP contribution >= 0.6 is 35.6 Å². The molecule has 0 fully saturated rings. The second-order valence-corrected chi connectivity index (χ2v) is 5.92. The molecule has 0 amide bonds. The third-order valence-corrected chi connectivity index (χ3v) is 2.99. The number of benzene rings is 1. The number of ketones is 1. The molecule has 0 heterocycles. The van der Waals surface area contributed by atoms with Crippen molar-refractivity contribution in [3.63, 3.8) is 0 Å². The van der Waals surface area contributed by atoms with E-state index in [9.17, 15) is 4.79 Å². The fourth-order valence-electron chi connectivity index (χ4n) is 1.61. The number of hydrogen-bond donors (Lipinski definition) is 1. The Labute approximate surface area is 124 Å². The zero-order valence-corrected chi connectivity index (χ0v) is 13.2. The Balaban J connectivity index is 0.00000289. The van der Waals surface area contributed by atoms with Crippen molar-refractivity contribution in [3.05, 3.63) is 33.8 Å². The number of halogens is 3. The molecule has 0 aliphatic rings. The Morgan fingerprint density at radius 3 is 2.22 bits per heavy atom. The van der Waals surface area contributed by atoms with Gasteiger partial charge < -0.3 is 5.32 Å². The minimum absolute atomic E-state index is 0. The quantitative estimate of drug-likeness (QED) is 0.840. The predicted octanol–water partition coefficient (Wildman–Crippen LogP) is 4.37. The first-order chi connectivity index (χ1) is 7.70. The first-order valence-electron chi connectivity index (χ1n) is 5.47. The van der Waals surface area contributed by atoms with Crippen molar-refractivity contribution >= 4 is 41.4 Å². The summed E-state index contributed by atoms with van der Waals surface area (Å²) in [5, 5.41) is 4.09. The molecule has 1 atom stereocenters. The molecule has 1 rings (SSSR count). The Bertz CT molecular complexity index is 427. The monoisotopic (exact) mass is 309 g/mol. The van der Waals surface area contributed by atoms with Crippen LogP contribution in [0.4, 0.5) is 0 Å². The van der Waals surface area contributed by atoms with Crippen molar-refractivity contribution in [1.29, 1.82) is 0 Å². The lowest BCUT2D eigenvalue weighted by molar-refractivity contribution is 0.0936. The molecule has 1 N–H and O–H groups in total. The van der Waals surface area contributed by atoms with Gasteiger partial charge in [0.1, 0.15) is 0 Å². The normalized spacial score (nSPS) is 12.8. The lowest BCUT2D eigenvalue weighted by Gasteiger charge is -2.25. The Hall–Kier alpha value is -0.280. The second-order valence-electron chi connectivity index (χ2n) is 5.11. The molecule has 0 aromatic heterocycles. The van der Waals surface area contributed by atoms with Crippen LogP contribution in [0.15, 0.2) is 18.2 Å². The zero-order valence-electron chi connectivity index (χ0n) is 10.9. The smallest absolute Gasteiger partial charge is 0.179 e. The highest BCUT2D eigenvalue weighted by atomic mass is 35.5. The Kier molecular flexibility index (Phi) is 6.66. The molecule has 1 unspecified atom stereocenters. The minimum Gasteiger partial charge on any atom is -0.303 e. The maximum atomic E-state index is 12.1. The van der Waals surface area contributed by atoms with Crippen LogP contribution in [0.2, 0.25) is 10.0 Å². The highest BCUT2D eigenvalue weighted by molar-refractivity contribution is 6.42. The van der Waals surface area contributed by atoms with Crippen LogP contribution in [0.25, 0.3) is 0 Å². The topological polar surface area (TPSA) is 29.1 Å². The number of rotatable bonds is 3. The van der Waals surface area contributed by atoms with Gasteiger partial charge in [0.15, 0.2) is 5.78 Å². The molecule has 0 spiro atoms. The summed E-state index contributed by atoms with van der Waals surface area (Å²) in [6.45, 7) is 7.90. The molecule has 0 saturated heterocycles. The molecular weight excluding hydrogens is 293 g/mol. The van der Waals surface area contributed by atoms with Crippen LogP contribution < -0.4 is 5.32 Å². The summed E-state index contributed by atoms with van der Waals surface area (Å²) in [6, 6.07) is 4.68. The molecule has 0 radical (unpaired) electrons. The van der Waals surface area contributed by atoms with Crippen molar-refractivity contribution < 1.29 is 4.79 Å². The molecule has 18 heavy (non-hydrogen) atoms. The summed E-state index contributed by atoms with van der Waals surface area (Å²) in [4.78, 5) is 12.1. The van der Waals surface area contributed by atoms with Crippen molar-refractivity contribution in [2.75, 3.05) is 0 Å². The van der Waals surface area contributed by atoms with E-state index in [0.29, 0.717) is 15.6 Å². The second kappa shape index (κ2) is 6.76. The summed E-state index contributed by atoms with van der Waals surface area (Å²) in [5.41, 5.74) is 0.467. The predicted molar refractivity (Wildman–Crippen MR) is 80.4 cm³/mol. The van der Waals surface area contributed by atoms with Gasteiger partial charge in [-0.3, -0.25) is 4.79 Å². The van der Waals surface area contributed by atoms with E-state index >= 15 is 0 Å². The van der Waals surface area contributed by atoms with Crippen molar-refractivity contribution in [2.45, 2.75) is 39.3 Å². The van der Waals surface area contributed by atoms with Gasteiger partial charge in [0.25, 0.3) is 0 Å². The average Bonchev–Trinajstić information content (AvgIpc) is 2.18. The van der Waals surface area contributed by atoms with Gasteiger partial charge in [-0.15, -0.1) is 12.4 Å². The molecule has 102 valence electrons. The largest absolute Gasteiger partial charge is 0.303 e. The summed E-state index contributed by atoms with van der Waals surface area (Å²) < 4.78 is 0. The first kappa shape index (κ1) is 17.7. The van der Waals surface area contributed by atoms with Gasteiger partial charge in [-0.2, -0.15) is 0 Å². The fraction of sp³-hybridized carbons (Fsp3) is 0.462. The van der Waals surface area contributed by atoms with E-state index in [4.69, 9.17) is 23.2 Å². The average molecular weight is 311 g/mol. The lowest BCUT2D eigenvalue weighted by atomic mass is 10.0. The molecular formula is C13H18Cl3NO. The fourth-order valence-corrected chi connectivity index (χ4v) is 1.91. The van der Waals surface area contributed by atoms with Gasteiger partial charge in [0.05, 0.1) is 16.1 Å². The van der Waals surface area contributed by atoms with E-state index < -0.39 is 0 Å². The van der Waals surface area contributed by atoms with Gasteiger partial charge in [0.2, 0.25) is 0 Å². The van der Waals surface area contributed by atoms with Crippen LogP contribution in [-0.4, -0.2) is 17.4 Å². The van der Waals surface area contributed by atoms with Crippen LogP contribution in [0.1, 0.15) is 38.1 Å². The molecule has 0 bridgehead atoms. The van der Waals surface area contributed by atoms with Gasteiger partial charge in [-0.05, 0) is 45.9 Å². The van der Waals surface area contributed by atoms with Crippen LogP contribution in [0.5, 0.6) is 0 Å². The van der Waals surface area contributed by atoms with E-state index in [1.807, 2.05) is 27.7 Å². The molecule has 0 saturated carbocycles. The zero-order chi connectivity index (χ0) is 13.2. The number of carbonyl (C=O) groups excluding carboxylic acids is 1. The molecule has 1 aromatic carbocycles. The van der Waals surface area contributed by atoms with Crippen molar-refractivity contribution in [3.8, 4) is 0 Å².